The highest BCUT2D eigenvalue weighted by Crippen LogP contribution is 2.19. The highest BCUT2D eigenvalue weighted by atomic mass is 16.5. The molecular weight excluding hydrogens is 208 g/mol. The van der Waals surface area contributed by atoms with Gasteiger partial charge in [-0.1, -0.05) is 6.92 Å². The van der Waals surface area contributed by atoms with Gasteiger partial charge in [-0.2, -0.15) is 0 Å². The third kappa shape index (κ3) is 3.43. The van der Waals surface area contributed by atoms with Crippen molar-refractivity contribution in [2.24, 2.45) is 5.92 Å². The molecule has 0 aromatic heterocycles. The predicted molar refractivity (Wildman–Crippen MR) is 61.5 cm³/mol. The smallest absolute Gasteiger partial charge is 0.310 e. The van der Waals surface area contributed by atoms with Crippen molar-refractivity contribution in [3.63, 3.8) is 0 Å². The van der Waals surface area contributed by atoms with E-state index in [4.69, 9.17) is 9.84 Å². The number of ether oxygens (including phenoxy) is 1. The van der Waals surface area contributed by atoms with Gasteiger partial charge in [0, 0.05) is 19.1 Å². The molecule has 1 rings (SSSR count). The molecule has 0 spiro atoms. The van der Waals surface area contributed by atoms with Crippen LogP contribution in [0.15, 0.2) is 0 Å². The van der Waals surface area contributed by atoms with Gasteiger partial charge in [0.1, 0.15) is 0 Å². The molecule has 94 valence electrons. The van der Waals surface area contributed by atoms with Crippen LogP contribution in [0.4, 0.5) is 0 Å². The van der Waals surface area contributed by atoms with E-state index in [0.717, 1.165) is 19.6 Å². The third-order valence-electron chi connectivity index (χ3n) is 3.08. The Morgan fingerprint density at radius 3 is 2.56 bits per heavy atom. The number of carboxylic acid groups (broad SMARTS) is 1. The van der Waals surface area contributed by atoms with Gasteiger partial charge in [-0.15, -0.1) is 0 Å². The summed E-state index contributed by atoms with van der Waals surface area (Å²) < 4.78 is 5.28. The zero-order chi connectivity index (χ0) is 12.1. The molecule has 16 heavy (non-hydrogen) atoms. The van der Waals surface area contributed by atoms with Crippen LogP contribution in [-0.4, -0.2) is 73.9 Å². The van der Waals surface area contributed by atoms with Crippen LogP contribution in [-0.2, 0) is 9.53 Å². The van der Waals surface area contributed by atoms with Crippen molar-refractivity contribution in [3.05, 3.63) is 0 Å². The molecule has 0 aromatic carbocycles. The van der Waals surface area contributed by atoms with Crippen molar-refractivity contribution in [2.75, 3.05) is 46.9 Å². The van der Waals surface area contributed by atoms with Crippen molar-refractivity contribution in [1.29, 1.82) is 0 Å². The van der Waals surface area contributed by atoms with E-state index in [1.165, 1.54) is 0 Å². The lowest BCUT2D eigenvalue weighted by Crippen LogP contribution is -2.45. The number of carboxylic acids is 1. The second-order valence-electron chi connectivity index (χ2n) is 4.48. The lowest BCUT2D eigenvalue weighted by molar-refractivity contribution is -0.143. The highest BCUT2D eigenvalue weighted by Gasteiger charge is 2.37. The maximum Gasteiger partial charge on any atom is 0.310 e. The van der Waals surface area contributed by atoms with Gasteiger partial charge in [-0.3, -0.25) is 9.69 Å². The minimum Gasteiger partial charge on any atom is -0.481 e. The van der Waals surface area contributed by atoms with E-state index in [-0.39, 0.29) is 12.0 Å². The van der Waals surface area contributed by atoms with E-state index >= 15 is 0 Å². The first-order valence-electron chi connectivity index (χ1n) is 5.75. The molecule has 0 bridgehead atoms. The minimum absolute atomic E-state index is 0.0300. The average Bonchev–Trinajstić information content (AvgIpc) is 2.67. The summed E-state index contributed by atoms with van der Waals surface area (Å²) in [5, 5.41) is 9.09. The molecule has 0 radical (unpaired) electrons. The van der Waals surface area contributed by atoms with Gasteiger partial charge in [0.15, 0.2) is 0 Å². The normalized spacial score (nSPS) is 25.6. The second kappa shape index (κ2) is 6.18. The van der Waals surface area contributed by atoms with Crippen molar-refractivity contribution in [3.8, 4) is 0 Å². The summed E-state index contributed by atoms with van der Waals surface area (Å²) in [4.78, 5) is 15.4. The Hall–Kier alpha value is -0.650. The topological polar surface area (TPSA) is 53.0 Å². The summed E-state index contributed by atoms with van der Waals surface area (Å²) >= 11 is 0. The zero-order valence-electron chi connectivity index (χ0n) is 10.3. The molecule has 0 aromatic rings. The lowest BCUT2D eigenvalue weighted by Gasteiger charge is -2.30. The van der Waals surface area contributed by atoms with Crippen LogP contribution in [0.5, 0.6) is 0 Å². The number of likely N-dealkylation sites (N-methyl/N-ethyl adjacent to an activating group) is 2. The number of aliphatic carboxylic acids is 1. The van der Waals surface area contributed by atoms with Crippen molar-refractivity contribution >= 4 is 5.97 Å². The Labute approximate surface area is 97.0 Å². The summed E-state index contributed by atoms with van der Waals surface area (Å²) in [5.74, 6) is -1.12. The maximum absolute atomic E-state index is 11.1. The fraction of sp³-hybridized carbons (Fsp3) is 0.909. The first kappa shape index (κ1) is 13.4. The van der Waals surface area contributed by atoms with Gasteiger partial charge in [-0.25, -0.2) is 0 Å². The SMILES string of the molecule is CCN(CCN(C)C)C1COCC1C(=O)O. The summed E-state index contributed by atoms with van der Waals surface area (Å²) in [6, 6.07) is 0.0300. The maximum atomic E-state index is 11.1. The fourth-order valence-electron chi connectivity index (χ4n) is 2.03. The Morgan fingerprint density at radius 1 is 1.38 bits per heavy atom. The molecule has 1 fully saturated rings. The van der Waals surface area contributed by atoms with Gasteiger partial charge in [-0.05, 0) is 20.6 Å². The molecule has 0 saturated carbocycles. The number of carbonyl (C=O) groups is 1. The molecule has 5 heteroatoms. The van der Waals surface area contributed by atoms with Crippen LogP contribution in [0.3, 0.4) is 0 Å². The van der Waals surface area contributed by atoms with Gasteiger partial charge in [0.25, 0.3) is 0 Å². The van der Waals surface area contributed by atoms with E-state index < -0.39 is 5.97 Å². The molecule has 1 N–H and O–H groups in total. The summed E-state index contributed by atoms with van der Waals surface area (Å²) in [6.45, 7) is 5.65. The van der Waals surface area contributed by atoms with Crippen LogP contribution >= 0.6 is 0 Å². The second-order valence-corrected chi connectivity index (χ2v) is 4.48. The van der Waals surface area contributed by atoms with Crippen LogP contribution in [0.1, 0.15) is 6.92 Å². The first-order valence-corrected chi connectivity index (χ1v) is 5.75. The number of hydrogen-bond donors (Lipinski definition) is 1. The van der Waals surface area contributed by atoms with E-state index in [9.17, 15) is 4.79 Å². The molecule has 2 atom stereocenters. The quantitative estimate of drug-likeness (QED) is 0.694. The molecule has 1 heterocycles. The van der Waals surface area contributed by atoms with Crippen molar-refractivity contribution < 1.29 is 14.6 Å². The standard InChI is InChI=1S/C11H22N2O3/c1-4-13(6-5-12(2)3)10-8-16-7-9(10)11(14)15/h9-10H,4-8H2,1-3H3,(H,14,15). The summed E-state index contributed by atoms with van der Waals surface area (Å²) in [7, 11) is 4.04. The predicted octanol–water partition coefficient (Wildman–Crippen LogP) is -0.0305. The van der Waals surface area contributed by atoms with Crippen molar-refractivity contribution in [1.82, 2.24) is 9.80 Å². The Balaban J connectivity index is 2.53. The number of hydrogen-bond acceptors (Lipinski definition) is 4. The molecule has 1 aliphatic heterocycles. The van der Waals surface area contributed by atoms with E-state index in [1.807, 2.05) is 14.1 Å². The molecule has 5 nitrogen and oxygen atoms in total. The monoisotopic (exact) mass is 230 g/mol. The van der Waals surface area contributed by atoms with E-state index in [1.54, 1.807) is 0 Å². The first-order chi connectivity index (χ1) is 7.56. The molecule has 0 amide bonds. The van der Waals surface area contributed by atoms with Crippen LogP contribution in [0, 0.1) is 5.92 Å². The average molecular weight is 230 g/mol. The van der Waals surface area contributed by atoms with Crippen LogP contribution < -0.4 is 0 Å². The Morgan fingerprint density at radius 2 is 2.06 bits per heavy atom. The largest absolute Gasteiger partial charge is 0.481 e. The van der Waals surface area contributed by atoms with Gasteiger partial charge >= 0.3 is 5.97 Å². The van der Waals surface area contributed by atoms with Gasteiger partial charge < -0.3 is 14.7 Å². The Kier molecular flexibility index (Phi) is 5.18. The van der Waals surface area contributed by atoms with E-state index in [2.05, 4.69) is 16.7 Å². The van der Waals surface area contributed by atoms with Crippen LogP contribution in [0.2, 0.25) is 0 Å². The molecular formula is C11H22N2O3. The molecule has 0 aliphatic carbocycles. The molecule has 1 aliphatic rings. The highest BCUT2D eigenvalue weighted by molar-refractivity contribution is 5.71. The Bertz CT molecular complexity index is 233. The van der Waals surface area contributed by atoms with Crippen molar-refractivity contribution in [2.45, 2.75) is 13.0 Å². The molecule has 2 unspecified atom stereocenters. The third-order valence-corrected chi connectivity index (χ3v) is 3.08. The number of nitrogens with zero attached hydrogens (tertiary/aromatic N) is 2. The lowest BCUT2D eigenvalue weighted by atomic mass is 10.0. The van der Waals surface area contributed by atoms with E-state index in [0.29, 0.717) is 13.2 Å². The number of rotatable bonds is 6. The summed E-state index contributed by atoms with van der Waals surface area (Å²) in [5.41, 5.74) is 0. The van der Waals surface area contributed by atoms with Crippen LogP contribution in [0.25, 0.3) is 0 Å². The molecule has 1 saturated heterocycles. The minimum atomic E-state index is -0.745. The van der Waals surface area contributed by atoms with Gasteiger partial charge in [0.2, 0.25) is 0 Å². The zero-order valence-corrected chi connectivity index (χ0v) is 10.3. The van der Waals surface area contributed by atoms with Gasteiger partial charge in [0.05, 0.1) is 19.1 Å². The summed E-state index contributed by atoms with van der Waals surface area (Å²) in [6.07, 6.45) is 0. The fourth-order valence-corrected chi connectivity index (χ4v) is 2.03.